The van der Waals surface area contributed by atoms with E-state index in [-0.39, 0.29) is 12.1 Å². The van der Waals surface area contributed by atoms with Gasteiger partial charge in [0.25, 0.3) is 0 Å². The first kappa shape index (κ1) is 17.3. The van der Waals surface area contributed by atoms with Crippen molar-refractivity contribution in [1.29, 1.82) is 0 Å². The Morgan fingerprint density at radius 3 is 2.48 bits per heavy atom. The Morgan fingerprint density at radius 1 is 1.12 bits per heavy atom. The highest BCUT2D eigenvalue weighted by atomic mass is 19.1. The smallest absolute Gasteiger partial charge is 0.131 e. The predicted molar refractivity (Wildman–Crippen MR) is 91.8 cm³/mol. The second kappa shape index (κ2) is 7.55. The molecule has 0 spiro atoms. The highest BCUT2D eigenvalue weighted by molar-refractivity contribution is 5.62. The summed E-state index contributed by atoms with van der Waals surface area (Å²) in [5, 5.41) is 20.1. The number of rotatable bonds is 6. The monoisotopic (exact) mass is 343 g/mol. The lowest BCUT2D eigenvalue weighted by Crippen LogP contribution is -2.22. The van der Waals surface area contributed by atoms with Crippen molar-refractivity contribution in [2.75, 3.05) is 6.54 Å². The van der Waals surface area contributed by atoms with Gasteiger partial charge in [0.1, 0.15) is 11.6 Å². The van der Waals surface area contributed by atoms with E-state index in [0.717, 1.165) is 34.5 Å². The van der Waals surface area contributed by atoms with Crippen molar-refractivity contribution in [3.63, 3.8) is 0 Å². The average Bonchev–Trinajstić information content (AvgIpc) is 3.04. The van der Waals surface area contributed by atoms with E-state index in [2.05, 4.69) is 15.5 Å². The van der Waals surface area contributed by atoms with E-state index in [1.165, 1.54) is 6.07 Å². The third kappa shape index (κ3) is 3.92. The molecule has 3 aromatic rings. The lowest BCUT2D eigenvalue weighted by atomic mass is 10.1. The number of aliphatic hydroxyl groups excluding tert-OH is 1. The Morgan fingerprint density at radius 2 is 1.80 bits per heavy atom. The third-order valence-electron chi connectivity index (χ3n) is 4.04. The van der Waals surface area contributed by atoms with Crippen LogP contribution in [0.4, 0.5) is 8.78 Å². The van der Waals surface area contributed by atoms with Crippen molar-refractivity contribution in [2.45, 2.75) is 19.6 Å². The number of nitrogens with zero attached hydrogens (tertiary/aromatic N) is 1. The van der Waals surface area contributed by atoms with Crippen molar-refractivity contribution in [3.05, 3.63) is 77.0 Å². The lowest BCUT2D eigenvalue weighted by Gasteiger charge is -2.14. The number of hydrogen-bond acceptors (Lipinski definition) is 3. The maximum Gasteiger partial charge on any atom is 0.131 e. The quantitative estimate of drug-likeness (QED) is 0.642. The summed E-state index contributed by atoms with van der Waals surface area (Å²) in [7, 11) is 0. The van der Waals surface area contributed by atoms with Crippen LogP contribution in [-0.2, 0) is 6.54 Å². The molecule has 0 amide bonds. The molecule has 0 saturated heterocycles. The molecule has 0 saturated carbocycles. The summed E-state index contributed by atoms with van der Waals surface area (Å²) < 4.78 is 27.4. The van der Waals surface area contributed by atoms with Crippen molar-refractivity contribution in [3.8, 4) is 11.3 Å². The van der Waals surface area contributed by atoms with Crippen LogP contribution in [0.25, 0.3) is 11.3 Å². The zero-order valence-electron chi connectivity index (χ0n) is 13.8. The molecule has 130 valence electrons. The number of aromatic nitrogens is 2. The normalized spacial score (nSPS) is 12.3. The van der Waals surface area contributed by atoms with Crippen LogP contribution in [0.3, 0.4) is 0 Å². The Hall–Kier alpha value is -2.57. The van der Waals surface area contributed by atoms with Crippen LogP contribution < -0.4 is 5.32 Å². The number of aromatic amines is 1. The minimum absolute atomic E-state index is 0.0242. The molecular weight excluding hydrogens is 324 g/mol. The van der Waals surface area contributed by atoms with Gasteiger partial charge in [-0.05, 0) is 24.6 Å². The van der Waals surface area contributed by atoms with Crippen molar-refractivity contribution >= 4 is 0 Å². The minimum Gasteiger partial charge on any atom is -0.387 e. The number of halogens is 2. The molecule has 0 bridgehead atoms. The van der Waals surface area contributed by atoms with E-state index in [1.807, 2.05) is 31.2 Å². The zero-order chi connectivity index (χ0) is 17.8. The van der Waals surface area contributed by atoms with Crippen LogP contribution in [0.1, 0.15) is 22.8 Å². The average molecular weight is 343 g/mol. The summed E-state index contributed by atoms with van der Waals surface area (Å²) in [6, 6.07) is 11.6. The van der Waals surface area contributed by atoms with Crippen LogP contribution >= 0.6 is 0 Å². The topological polar surface area (TPSA) is 60.9 Å². The second-order valence-corrected chi connectivity index (χ2v) is 5.92. The number of nitrogens with one attached hydrogen (secondary N) is 2. The molecule has 4 nitrogen and oxygen atoms in total. The maximum absolute atomic E-state index is 13.7. The maximum atomic E-state index is 13.7. The molecule has 3 N–H and O–H groups in total. The SMILES string of the molecule is Cc1ccc(-c2[nH]ncc2CNCC(O)c2c(F)cccc2F)cc1. The number of hydrogen-bond donors (Lipinski definition) is 3. The molecule has 0 fully saturated rings. The Labute approximate surface area is 144 Å². The van der Waals surface area contributed by atoms with Crippen LogP contribution in [0.15, 0.2) is 48.7 Å². The summed E-state index contributed by atoms with van der Waals surface area (Å²) in [5.74, 6) is -1.50. The molecular formula is C19H19F2N3O. The van der Waals surface area contributed by atoms with Gasteiger partial charge in [0.2, 0.25) is 0 Å². The van der Waals surface area contributed by atoms with Crippen LogP contribution in [0, 0.1) is 18.6 Å². The van der Waals surface area contributed by atoms with Crippen LogP contribution in [-0.4, -0.2) is 21.8 Å². The van der Waals surface area contributed by atoms with Gasteiger partial charge in [-0.1, -0.05) is 35.9 Å². The lowest BCUT2D eigenvalue weighted by molar-refractivity contribution is 0.164. The van der Waals surface area contributed by atoms with Crippen LogP contribution in [0.2, 0.25) is 0 Å². The molecule has 0 aliphatic carbocycles. The predicted octanol–water partition coefficient (Wildman–Crippen LogP) is 3.49. The standard InChI is InChI=1S/C19H19F2N3O/c1-12-5-7-13(8-6-12)19-14(10-23-24-19)9-22-11-17(25)18-15(20)3-2-4-16(18)21/h2-8,10,17,22,25H,9,11H2,1H3,(H,23,24). The number of benzene rings is 2. The Balaban J connectivity index is 1.65. The molecule has 1 aromatic heterocycles. The fraction of sp³-hybridized carbons (Fsp3) is 0.211. The van der Waals surface area contributed by atoms with Gasteiger partial charge in [-0.15, -0.1) is 0 Å². The first-order chi connectivity index (χ1) is 12.1. The van der Waals surface area contributed by atoms with Crippen molar-refractivity contribution in [2.24, 2.45) is 0 Å². The van der Waals surface area contributed by atoms with Gasteiger partial charge in [-0.25, -0.2) is 8.78 Å². The van der Waals surface area contributed by atoms with E-state index >= 15 is 0 Å². The Kier molecular flexibility index (Phi) is 5.21. The summed E-state index contributed by atoms with van der Waals surface area (Å²) in [6.45, 7) is 2.45. The van der Waals surface area contributed by atoms with E-state index in [9.17, 15) is 13.9 Å². The molecule has 25 heavy (non-hydrogen) atoms. The molecule has 1 heterocycles. The van der Waals surface area contributed by atoms with Gasteiger partial charge in [0.05, 0.1) is 23.6 Å². The Bertz CT molecular complexity index is 826. The molecule has 1 unspecified atom stereocenters. The molecule has 1 atom stereocenters. The van der Waals surface area contributed by atoms with Crippen molar-refractivity contribution < 1.29 is 13.9 Å². The molecule has 0 aliphatic heterocycles. The van der Waals surface area contributed by atoms with Gasteiger partial charge in [-0.2, -0.15) is 5.10 Å². The first-order valence-corrected chi connectivity index (χ1v) is 7.98. The number of aliphatic hydroxyl groups is 1. The van der Waals surface area contributed by atoms with Crippen molar-refractivity contribution in [1.82, 2.24) is 15.5 Å². The molecule has 3 rings (SSSR count). The van der Waals surface area contributed by atoms with Crippen LogP contribution in [0.5, 0.6) is 0 Å². The fourth-order valence-corrected chi connectivity index (χ4v) is 2.69. The van der Waals surface area contributed by atoms with Gasteiger partial charge in [-0.3, -0.25) is 5.10 Å². The largest absolute Gasteiger partial charge is 0.387 e. The minimum atomic E-state index is -1.27. The van der Waals surface area contributed by atoms with E-state index in [1.54, 1.807) is 6.20 Å². The summed E-state index contributed by atoms with van der Waals surface area (Å²) >= 11 is 0. The summed E-state index contributed by atoms with van der Waals surface area (Å²) in [4.78, 5) is 0. The van der Waals surface area contributed by atoms with Gasteiger partial charge >= 0.3 is 0 Å². The molecule has 2 aromatic carbocycles. The summed E-state index contributed by atoms with van der Waals surface area (Å²) in [5.41, 5.74) is 3.63. The van der Waals surface area contributed by atoms with Gasteiger partial charge in [0, 0.05) is 18.7 Å². The van der Waals surface area contributed by atoms with E-state index < -0.39 is 17.7 Å². The third-order valence-corrected chi connectivity index (χ3v) is 4.04. The van der Waals surface area contributed by atoms with Gasteiger partial charge < -0.3 is 10.4 Å². The summed E-state index contributed by atoms with van der Waals surface area (Å²) in [6.07, 6.45) is 0.425. The van der Waals surface area contributed by atoms with E-state index in [4.69, 9.17) is 0 Å². The van der Waals surface area contributed by atoms with E-state index in [0.29, 0.717) is 6.54 Å². The number of H-pyrrole nitrogens is 1. The molecule has 0 aliphatic rings. The highest BCUT2D eigenvalue weighted by Crippen LogP contribution is 2.22. The number of aryl methyl sites for hydroxylation is 1. The fourth-order valence-electron chi connectivity index (χ4n) is 2.69. The van der Waals surface area contributed by atoms with Gasteiger partial charge in [0.15, 0.2) is 0 Å². The molecule has 0 radical (unpaired) electrons. The highest BCUT2D eigenvalue weighted by Gasteiger charge is 2.17. The zero-order valence-corrected chi connectivity index (χ0v) is 13.8. The molecule has 6 heteroatoms. The first-order valence-electron chi connectivity index (χ1n) is 7.98. The second-order valence-electron chi connectivity index (χ2n) is 5.92.